The van der Waals surface area contributed by atoms with Crippen molar-refractivity contribution in [2.75, 3.05) is 13.4 Å². The molecule has 8 nitrogen and oxygen atoms in total. The van der Waals surface area contributed by atoms with Crippen LogP contribution < -0.4 is 8.92 Å². The lowest BCUT2D eigenvalue weighted by Gasteiger charge is -2.22. The second-order valence-corrected chi connectivity index (χ2v) is 9.28. The molecule has 1 N–H and O–H groups in total. The number of ether oxygens (including phenoxy) is 1. The van der Waals surface area contributed by atoms with Crippen molar-refractivity contribution < 1.29 is 22.1 Å². The third-order valence-electron chi connectivity index (χ3n) is 3.49. The highest BCUT2D eigenvalue weighted by Gasteiger charge is 2.33. The van der Waals surface area contributed by atoms with Crippen molar-refractivity contribution in [2.45, 2.75) is 6.92 Å². The summed E-state index contributed by atoms with van der Waals surface area (Å²) >= 11 is 4.58. The number of allylic oxidation sites excluding steroid dienone is 1. The topological polar surface area (TPSA) is 109 Å². The van der Waals surface area contributed by atoms with E-state index in [0.717, 1.165) is 11.2 Å². The van der Waals surface area contributed by atoms with Crippen LogP contribution in [-0.2, 0) is 14.9 Å². The summed E-state index contributed by atoms with van der Waals surface area (Å²) in [5, 5.41) is 8.76. The number of thioether (sulfide) groups is 1. The third kappa shape index (κ3) is 4.09. The second-order valence-electron chi connectivity index (χ2n) is 5.64. The first kappa shape index (κ1) is 19.6. The number of amidine groups is 2. The number of hydrogen-bond donors (Lipinski definition) is 1. The van der Waals surface area contributed by atoms with E-state index in [2.05, 4.69) is 20.9 Å². The monoisotopic (exact) mass is 471 g/mol. The molecule has 142 valence electrons. The maximum atomic E-state index is 12.3. The van der Waals surface area contributed by atoms with Gasteiger partial charge in [0.2, 0.25) is 0 Å². The van der Waals surface area contributed by atoms with E-state index in [0.29, 0.717) is 15.2 Å². The summed E-state index contributed by atoms with van der Waals surface area (Å²) in [5.41, 5.74) is 0.620. The molecular formula is C16H14BrN3O5S2. The molecule has 27 heavy (non-hydrogen) atoms. The zero-order chi connectivity index (χ0) is 19.9. The van der Waals surface area contributed by atoms with Crippen LogP contribution in [0.5, 0.6) is 11.5 Å². The second kappa shape index (κ2) is 7.13. The van der Waals surface area contributed by atoms with Crippen LogP contribution >= 0.6 is 27.7 Å². The fraction of sp³-hybridized carbons (Fsp3) is 0.188. The van der Waals surface area contributed by atoms with Gasteiger partial charge in [0.05, 0.1) is 23.4 Å². The summed E-state index contributed by atoms with van der Waals surface area (Å²) in [6.07, 6.45) is 4.16. The fourth-order valence-electron chi connectivity index (χ4n) is 2.42. The first-order valence-corrected chi connectivity index (χ1v) is 10.9. The Morgan fingerprint density at radius 2 is 2.07 bits per heavy atom. The number of amides is 1. The number of aliphatic imine (C=N–C) groups is 1. The van der Waals surface area contributed by atoms with Gasteiger partial charge in [0.15, 0.2) is 16.7 Å². The Hall–Kier alpha value is -2.11. The first-order valence-electron chi connectivity index (χ1n) is 7.45. The Morgan fingerprint density at radius 1 is 1.37 bits per heavy atom. The molecule has 2 aliphatic rings. The zero-order valence-electron chi connectivity index (χ0n) is 14.4. The first-order chi connectivity index (χ1) is 12.6. The molecule has 0 radical (unpaired) electrons. The quantitative estimate of drug-likeness (QED) is 0.530. The average Bonchev–Trinajstić information content (AvgIpc) is 2.93. The predicted octanol–water partition coefficient (Wildman–Crippen LogP) is 2.96. The summed E-state index contributed by atoms with van der Waals surface area (Å²) in [6, 6.07) is 3.08. The SMILES string of the molecule is COc1cc(/C=C2/C(=N)N3C=C(C)SC3=NC2=O)cc(Br)c1OS(C)(=O)=O. The van der Waals surface area contributed by atoms with Gasteiger partial charge >= 0.3 is 10.1 Å². The van der Waals surface area contributed by atoms with Gasteiger partial charge in [-0.05, 0) is 46.6 Å². The van der Waals surface area contributed by atoms with Crippen LogP contribution in [0.3, 0.4) is 0 Å². The van der Waals surface area contributed by atoms with Crippen LogP contribution in [0.1, 0.15) is 12.5 Å². The molecule has 0 unspecified atom stereocenters. The van der Waals surface area contributed by atoms with E-state index < -0.39 is 16.0 Å². The van der Waals surface area contributed by atoms with E-state index in [-0.39, 0.29) is 22.9 Å². The lowest BCUT2D eigenvalue weighted by Crippen LogP contribution is -2.35. The molecule has 2 heterocycles. The molecule has 0 atom stereocenters. The van der Waals surface area contributed by atoms with Crippen molar-refractivity contribution in [3.8, 4) is 11.5 Å². The molecule has 0 saturated heterocycles. The number of halogens is 1. The van der Waals surface area contributed by atoms with Gasteiger partial charge in [-0.15, -0.1) is 0 Å². The Kier molecular flexibility index (Phi) is 5.19. The molecule has 0 bridgehead atoms. The number of nitrogens with one attached hydrogen (secondary N) is 1. The molecular weight excluding hydrogens is 458 g/mol. The van der Waals surface area contributed by atoms with Gasteiger partial charge in [0.25, 0.3) is 5.91 Å². The highest BCUT2D eigenvalue weighted by atomic mass is 79.9. The molecule has 1 aromatic rings. The molecule has 11 heteroatoms. The average molecular weight is 472 g/mol. The molecule has 0 aromatic heterocycles. The van der Waals surface area contributed by atoms with E-state index in [1.165, 1.54) is 31.0 Å². The minimum Gasteiger partial charge on any atom is -0.493 e. The highest BCUT2D eigenvalue weighted by Crippen LogP contribution is 2.39. The van der Waals surface area contributed by atoms with Gasteiger partial charge in [-0.25, -0.2) is 0 Å². The number of hydrogen-bond acceptors (Lipinski definition) is 7. The van der Waals surface area contributed by atoms with Crippen LogP contribution in [-0.4, -0.2) is 43.6 Å². The van der Waals surface area contributed by atoms with Crippen molar-refractivity contribution in [1.82, 2.24) is 4.90 Å². The number of carbonyl (C=O) groups excluding carboxylic acids is 1. The minimum atomic E-state index is -3.75. The largest absolute Gasteiger partial charge is 0.493 e. The van der Waals surface area contributed by atoms with Crippen LogP contribution in [0.25, 0.3) is 6.08 Å². The molecule has 2 aliphatic heterocycles. The standard InChI is InChI=1S/C16H14BrN3O5S2/c1-8-7-20-14(18)10(15(21)19-16(20)26-8)4-9-5-11(17)13(12(6-9)24-2)25-27(3,22)23/h4-7,18H,1-3H3/b10-4-,18-14?. The maximum absolute atomic E-state index is 12.3. The number of methoxy groups -OCH3 is 1. The molecule has 0 aliphatic carbocycles. The molecule has 0 spiro atoms. The lowest BCUT2D eigenvalue weighted by atomic mass is 10.1. The fourth-order valence-corrected chi connectivity index (χ4v) is 4.36. The van der Waals surface area contributed by atoms with E-state index in [1.807, 2.05) is 6.92 Å². The van der Waals surface area contributed by atoms with Gasteiger partial charge in [-0.1, -0.05) is 11.8 Å². The van der Waals surface area contributed by atoms with Crippen molar-refractivity contribution in [2.24, 2.45) is 4.99 Å². The smallest absolute Gasteiger partial charge is 0.306 e. The van der Waals surface area contributed by atoms with E-state index in [4.69, 9.17) is 14.3 Å². The predicted molar refractivity (Wildman–Crippen MR) is 107 cm³/mol. The minimum absolute atomic E-state index is 0.00186. The maximum Gasteiger partial charge on any atom is 0.306 e. The van der Waals surface area contributed by atoms with Gasteiger partial charge in [0.1, 0.15) is 5.84 Å². The number of fused-ring (bicyclic) bond motifs is 1. The Balaban J connectivity index is 2.04. The summed E-state index contributed by atoms with van der Waals surface area (Å²) in [6.45, 7) is 1.87. The molecule has 0 saturated carbocycles. The molecule has 1 aromatic carbocycles. The van der Waals surface area contributed by atoms with Crippen molar-refractivity contribution >= 4 is 60.8 Å². The van der Waals surface area contributed by atoms with E-state index >= 15 is 0 Å². The Morgan fingerprint density at radius 3 is 2.70 bits per heavy atom. The molecule has 0 fully saturated rings. The van der Waals surface area contributed by atoms with Crippen LogP contribution in [0.4, 0.5) is 0 Å². The van der Waals surface area contributed by atoms with Crippen LogP contribution in [0.15, 0.2) is 38.3 Å². The number of carbonyl (C=O) groups is 1. The summed E-state index contributed by atoms with van der Waals surface area (Å²) in [4.78, 5) is 18.8. The Labute approximate surface area is 168 Å². The number of nitrogens with zero attached hydrogens (tertiary/aromatic N) is 2. The molecule has 3 rings (SSSR count). The summed E-state index contributed by atoms with van der Waals surface area (Å²) in [5.74, 6) is -0.343. The van der Waals surface area contributed by atoms with Crippen molar-refractivity contribution in [3.05, 3.63) is 38.8 Å². The van der Waals surface area contributed by atoms with Gasteiger partial charge in [-0.2, -0.15) is 13.4 Å². The van der Waals surface area contributed by atoms with Crippen LogP contribution in [0, 0.1) is 5.41 Å². The third-order valence-corrected chi connectivity index (χ3v) is 5.45. The highest BCUT2D eigenvalue weighted by molar-refractivity contribution is 9.10. The summed E-state index contributed by atoms with van der Waals surface area (Å²) in [7, 11) is -2.38. The number of rotatable bonds is 4. The van der Waals surface area contributed by atoms with Crippen molar-refractivity contribution in [3.63, 3.8) is 0 Å². The summed E-state index contributed by atoms with van der Waals surface area (Å²) < 4.78 is 33.3. The normalized spacial score (nSPS) is 18.4. The Bertz CT molecular complexity index is 1060. The van der Waals surface area contributed by atoms with E-state index in [1.54, 1.807) is 17.2 Å². The van der Waals surface area contributed by atoms with Crippen molar-refractivity contribution in [1.29, 1.82) is 5.41 Å². The lowest BCUT2D eigenvalue weighted by molar-refractivity contribution is -0.114. The van der Waals surface area contributed by atoms with Gasteiger partial charge in [0, 0.05) is 11.1 Å². The van der Waals surface area contributed by atoms with Gasteiger partial charge < -0.3 is 8.92 Å². The van der Waals surface area contributed by atoms with Gasteiger partial charge in [-0.3, -0.25) is 15.1 Å². The zero-order valence-corrected chi connectivity index (χ0v) is 17.7. The number of benzene rings is 1. The van der Waals surface area contributed by atoms with E-state index in [9.17, 15) is 13.2 Å². The molecule has 1 amide bonds. The van der Waals surface area contributed by atoms with Crippen LogP contribution in [0.2, 0.25) is 0 Å².